The third kappa shape index (κ3) is 5.18. The molecular weight excluding hydrogens is 348 g/mol. The lowest BCUT2D eigenvalue weighted by atomic mass is 9.86. The zero-order valence-electron chi connectivity index (χ0n) is 12.8. The minimum atomic E-state index is -0.929. The highest BCUT2D eigenvalue weighted by atomic mass is 79.9. The van der Waals surface area contributed by atoms with Crippen LogP contribution in [0.1, 0.15) is 31.2 Å². The normalized spacial score (nSPS) is 21.4. The lowest BCUT2D eigenvalue weighted by Gasteiger charge is -2.29. The Kier molecular flexibility index (Phi) is 6.51. The zero-order valence-corrected chi connectivity index (χ0v) is 14.4. The number of rotatable bonds is 6. The fourth-order valence-corrected chi connectivity index (χ4v) is 3.35. The van der Waals surface area contributed by atoms with E-state index in [-0.39, 0.29) is 0 Å². The van der Waals surface area contributed by atoms with Crippen molar-refractivity contribution in [3.8, 4) is 5.75 Å². The van der Waals surface area contributed by atoms with Crippen LogP contribution in [0.15, 0.2) is 22.7 Å². The van der Waals surface area contributed by atoms with E-state index in [1.807, 2.05) is 12.1 Å². The van der Waals surface area contributed by atoms with E-state index in [0.29, 0.717) is 18.5 Å². The van der Waals surface area contributed by atoms with Gasteiger partial charge in [-0.3, -0.25) is 0 Å². The second-order valence-corrected chi connectivity index (χ2v) is 6.66. The number of nitrogens with one attached hydrogen (secondary N) is 2. The Balaban J connectivity index is 1.77. The molecule has 1 saturated carbocycles. The highest BCUT2D eigenvalue weighted by Gasteiger charge is 2.21. The largest absolute Gasteiger partial charge is 0.496 e. The van der Waals surface area contributed by atoms with Gasteiger partial charge in [0.2, 0.25) is 0 Å². The van der Waals surface area contributed by atoms with E-state index in [2.05, 4.69) is 32.6 Å². The lowest BCUT2D eigenvalue weighted by Crippen LogP contribution is -2.36. The SMILES string of the molecule is COc1ccc(Br)cc1CNC1CCC(CNC(=O)O)CC1. The summed E-state index contributed by atoms with van der Waals surface area (Å²) in [5.74, 6) is 1.37. The van der Waals surface area contributed by atoms with Gasteiger partial charge < -0.3 is 20.5 Å². The van der Waals surface area contributed by atoms with Crippen molar-refractivity contribution in [3.63, 3.8) is 0 Å². The number of hydrogen-bond acceptors (Lipinski definition) is 3. The minimum absolute atomic E-state index is 0.467. The highest BCUT2D eigenvalue weighted by molar-refractivity contribution is 9.10. The third-order valence-corrected chi connectivity index (χ3v) is 4.71. The third-order valence-electron chi connectivity index (χ3n) is 4.21. The molecule has 1 aromatic rings. The van der Waals surface area contributed by atoms with E-state index >= 15 is 0 Å². The Morgan fingerprint density at radius 2 is 2.09 bits per heavy atom. The first-order valence-electron chi connectivity index (χ1n) is 7.61. The quantitative estimate of drug-likeness (QED) is 0.717. The number of ether oxygens (including phenoxy) is 1. The van der Waals surface area contributed by atoms with Crippen LogP contribution in [0.5, 0.6) is 5.75 Å². The predicted octanol–water partition coefficient (Wildman–Crippen LogP) is 3.37. The van der Waals surface area contributed by atoms with Gasteiger partial charge in [0.1, 0.15) is 5.75 Å². The molecule has 122 valence electrons. The van der Waals surface area contributed by atoms with Crippen LogP contribution < -0.4 is 15.4 Å². The molecule has 2 rings (SSSR count). The number of methoxy groups -OCH3 is 1. The van der Waals surface area contributed by atoms with Crippen molar-refractivity contribution >= 4 is 22.0 Å². The number of carbonyl (C=O) groups is 1. The van der Waals surface area contributed by atoms with Crippen molar-refractivity contribution in [1.82, 2.24) is 10.6 Å². The maximum absolute atomic E-state index is 10.5. The molecule has 1 aliphatic carbocycles. The molecule has 6 heteroatoms. The summed E-state index contributed by atoms with van der Waals surface area (Å²) in [5, 5.41) is 14.7. The molecule has 0 spiro atoms. The number of carboxylic acid groups (broad SMARTS) is 1. The summed E-state index contributed by atoms with van der Waals surface area (Å²) in [6.45, 7) is 1.35. The smallest absolute Gasteiger partial charge is 0.404 e. The fraction of sp³-hybridized carbons (Fsp3) is 0.562. The average molecular weight is 371 g/mol. The average Bonchev–Trinajstić information content (AvgIpc) is 2.52. The molecule has 5 nitrogen and oxygen atoms in total. The summed E-state index contributed by atoms with van der Waals surface area (Å²) in [5.41, 5.74) is 1.14. The fourth-order valence-electron chi connectivity index (χ4n) is 2.94. The molecule has 0 atom stereocenters. The Morgan fingerprint density at radius 3 is 2.73 bits per heavy atom. The first-order valence-corrected chi connectivity index (χ1v) is 8.40. The van der Waals surface area contributed by atoms with Gasteiger partial charge in [0.25, 0.3) is 0 Å². The van der Waals surface area contributed by atoms with Gasteiger partial charge in [0, 0.05) is 29.2 Å². The van der Waals surface area contributed by atoms with Gasteiger partial charge in [-0.05, 0) is 49.8 Å². The molecule has 1 fully saturated rings. The van der Waals surface area contributed by atoms with E-state index in [9.17, 15) is 4.79 Å². The molecule has 1 amide bonds. The van der Waals surface area contributed by atoms with Gasteiger partial charge in [0.15, 0.2) is 0 Å². The van der Waals surface area contributed by atoms with Crippen molar-refractivity contribution in [2.45, 2.75) is 38.3 Å². The van der Waals surface area contributed by atoms with Crippen LogP contribution in [0.3, 0.4) is 0 Å². The van der Waals surface area contributed by atoms with Crippen molar-refractivity contribution in [1.29, 1.82) is 0 Å². The summed E-state index contributed by atoms with van der Waals surface area (Å²) in [7, 11) is 1.69. The minimum Gasteiger partial charge on any atom is -0.496 e. The van der Waals surface area contributed by atoms with E-state index < -0.39 is 6.09 Å². The van der Waals surface area contributed by atoms with E-state index in [1.165, 1.54) is 0 Å². The van der Waals surface area contributed by atoms with Crippen LogP contribution in [0.2, 0.25) is 0 Å². The number of halogens is 1. The van der Waals surface area contributed by atoms with Crippen LogP contribution in [0.25, 0.3) is 0 Å². The van der Waals surface area contributed by atoms with Crippen LogP contribution in [-0.4, -0.2) is 30.9 Å². The second kappa shape index (κ2) is 8.39. The summed E-state index contributed by atoms with van der Waals surface area (Å²) in [6, 6.07) is 6.51. The van der Waals surface area contributed by atoms with Crippen LogP contribution in [-0.2, 0) is 6.54 Å². The molecule has 1 aromatic carbocycles. The standard InChI is InChI=1S/C16H23BrN2O3/c1-22-15-7-4-13(17)8-12(15)10-18-14-5-2-11(3-6-14)9-19-16(20)21/h4,7-8,11,14,18-19H,2-3,5-6,9-10H2,1H3,(H,20,21). The Hall–Kier alpha value is -1.27. The van der Waals surface area contributed by atoms with Crippen LogP contribution in [0, 0.1) is 5.92 Å². The molecule has 0 unspecified atom stereocenters. The number of hydrogen-bond donors (Lipinski definition) is 3. The summed E-state index contributed by atoms with van der Waals surface area (Å²) < 4.78 is 6.44. The topological polar surface area (TPSA) is 70.6 Å². The maximum atomic E-state index is 10.5. The van der Waals surface area contributed by atoms with E-state index in [1.54, 1.807) is 7.11 Å². The van der Waals surface area contributed by atoms with Crippen LogP contribution in [0.4, 0.5) is 4.79 Å². The van der Waals surface area contributed by atoms with Gasteiger partial charge in [-0.15, -0.1) is 0 Å². The summed E-state index contributed by atoms with van der Waals surface area (Å²) >= 11 is 3.49. The molecule has 0 aliphatic heterocycles. The Morgan fingerprint density at radius 1 is 1.36 bits per heavy atom. The molecule has 3 N–H and O–H groups in total. The zero-order chi connectivity index (χ0) is 15.9. The molecule has 1 aliphatic rings. The van der Waals surface area contributed by atoms with Crippen LogP contribution >= 0.6 is 15.9 Å². The number of benzene rings is 1. The molecule has 0 aromatic heterocycles. The van der Waals surface area contributed by atoms with Gasteiger partial charge in [-0.25, -0.2) is 4.79 Å². The number of amides is 1. The van der Waals surface area contributed by atoms with Gasteiger partial charge >= 0.3 is 6.09 Å². The first kappa shape index (κ1) is 17.1. The Bertz CT molecular complexity index is 502. The summed E-state index contributed by atoms with van der Waals surface area (Å²) in [6.07, 6.45) is 3.37. The molecule has 0 heterocycles. The summed E-state index contributed by atoms with van der Waals surface area (Å²) in [4.78, 5) is 10.5. The van der Waals surface area contributed by atoms with Crippen molar-refractivity contribution in [2.75, 3.05) is 13.7 Å². The molecule has 0 bridgehead atoms. The second-order valence-electron chi connectivity index (χ2n) is 5.74. The van der Waals surface area contributed by atoms with Crippen molar-refractivity contribution in [3.05, 3.63) is 28.2 Å². The van der Waals surface area contributed by atoms with Crippen molar-refractivity contribution < 1.29 is 14.6 Å². The highest BCUT2D eigenvalue weighted by Crippen LogP contribution is 2.26. The molecule has 22 heavy (non-hydrogen) atoms. The molecule has 0 saturated heterocycles. The lowest BCUT2D eigenvalue weighted by molar-refractivity contribution is 0.189. The molecular formula is C16H23BrN2O3. The Labute approximate surface area is 139 Å². The first-order chi connectivity index (χ1) is 10.6. The molecule has 0 radical (unpaired) electrons. The van der Waals surface area contributed by atoms with E-state index in [4.69, 9.17) is 9.84 Å². The van der Waals surface area contributed by atoms with Gasteiger partial charge in [0.05, 0.1) is 7.11 Å². The van der Waals surface area contributed by atoms with Crippen molar-refractivity contribution in [2.24, 2.45) is 5.92 Å². The van der Waals surface area contributed by atoms with E-state index in [0.717, 1.165) is 48.0 Å². The monoisotopic (exact) mass is 370 g/mol. The van der Waals surface area contributed by atoms with Gasteiger partial charge in [-0.1, -0.05) is 15.9 Å². The van der Waals surface area contributed by atoms with Gasteiger partial charge in [-0.2, -0.15) is 0 Å². The maximum Gasteiger partial charge on any atom is 0.404 e. The predicted molar refractivity (Wildman–Crippen MR) is 89.3 cm³/mol.